The molecule has 0 spiro atoms. The SMILES string of the molecule is COc1cc2c(N3CCC(O)(c4ccc(C)cn4)CC3)ncnc2c(OC)c1OC. The van der Waals surface area contributed by atoms with Crippen LogP contribution in [0.3, 0.4) is 0 Å². The molecule has 8 heteroatoms. The van der Waals surface area contributed by atoms with Gasteiger partial charge in [-0.15, -0.1) is 0 Å². The van der Waals surface area contributed by atoms with Crippen LogP contribution in [0.25, 0.3) is 10.9 Å². The summed E-state index contributed by atoms with van der Waals surface area (Å²) in [6, 6.07) is 5.76. The zero-order valence-electron chi connectivity index (χ0n) is 17.7. The van der Waals surface area contributed by atoms with Crippen molar-refractivity contribution in [2.45, 2.75) is 25.4 Å². The van der Waals surface area contributed by atoms with Gasteiger partial charge in [-0.2, -0.15) is 0 Å². The van der Waals surface area contributed by atoms with Crippen molar-refractivity contribution in [3.05, 3.63) is 42.0 Å². The Balaban J connectivity index is 1.68. The van der Waals surface area contributed by atoms with Gasteiger partial charge in [-0.25, -0.2) is 9.97 Å². The first kappa shape index (κ1) is 20.2. The number of hydrogen-bond acceptors (Lipinski definition) is 8. The Morgan fingerprint density at radius 2 is 1.70 bits per heavy atom. The second kappa shape index (κ2) is 7.95. The predicted molar refractivity (Wildman–Crippen MR) is 114 cm³/mol. The summed E-state index contributed by atoms with van der Waals surface area (Å²) in [5.41, 5.74) is 1.51. The monoisotopic (exact) mass is 410 g/mol. The van der Waals surface area contributed by atoms with Gasteiger partial charge in [0.05, 0.1) is 32.4 Å². The fourth-order valence-electron chi connectivity index (χ4n) is 3.99. The minimum absolute atomic E-state index is 0.496. The van der Waals surface area contributed by atoms with Crippen LogP contribution in [0.15, 0.2) is 30.7 Å². The number of ether oxygens (including phenoxy) is 3. The van der Waals surface area contributed by atoms with Gasteiger partial charge in [-0.05, 0) is 37.5 Å². The summed E-state index contributed by atoms with van der Waals surface area (Å²) in [6.45, 7) is 3.25. The maximum absolute atomic E-state index is 11.2. The summed E-state index contributed by atoms with van der Waals surface area (Å²) in [5, 5.41) is 12.0. The average molecular weight is 410 g/mol. The lowest BCUT2D eigenvalue weighted by molar-refractivity contribution is 0.00752. The van der Waals surface area contributed by atoms with Crippen molar-refractivity contribution < 1.29 is 19.3 Å². The van der Waals surface area contributed by atoms with Crippen LogP contribution in [0.4, 0.5) is 5.82 Å². The predicted octanol–water partition coefficient (Wildman–Crippen LogP) is 2.85. The largest absolute Gasteiger partial charge is 0.493 e. The highest BCUT2D eigenvalue weighted by atomic mass is 16.5. The van der Waals surface area contributed by atoms with E-state index in [0.717, 1.165) is 16.8 Å². The standard InChI is InChI=1S/C22H26N4O4/c1-14-5-6-17(23-12-14)22(27)7-9-26(10-8-22)21-15-11-16(28-2)19(29-3)20(30-4)18(15)24-13-25-21/h5-6,11-13,27H,7-10H2,1-4H3. The quantitative estimate of drug-likeness (QED) is 0.687. The molecule has 1 aliphatic heterocycles. The van der Waals surface area contributed by atoms with Gasteiger partial charge in [-0.1, -0.05) is 6.07 Å². The summed E-state index contributed by atoms with van der Waals surface area (Å²) in [4.78, 5) is 15.5. The Kier molecular flexibility index (Phi) is 5.34. The smallest absolute Gasteiger partial charge is 0.205 e. The van der Waals surface area contributed by atoms with E-state index in [9.17, 15) is 5.11 Å². The number of fused-ring (bicyclic) bond motifs is 1. The Labute approximate surface area is 175 Å². The minimum atomic E-state index is -0.939. The molecule has 4 rings (SSSR count). The van der Waals surface area contributed by atoms with Gasteiger partial charge in [0.2, 0.25) is 5.75 Å². The van der Waals surface area contributed by atoms with Crippen molar-refractivity contribution in [2.24, 2.45) is 0 Å². The van der Waals surface area contributed by atoms with Crippen molar-refractivity contribution in [3.8, 4) is 17.2 Å². The molecule has 1 fully saturated rings. The van der Waals surface area contributed by atoms with Crippen LogP contribution < -0.4 is 19.1 Å². The molecule has 0 saturated carbocycles. The molecule has 0 radical (unpaired) electrons. The number of aliphatic hydroxyl groups is 1. The molecule has 0 amide bonds. The zero-order chi connectivity index (χ0) is 21.3. The molecule has 0 atom stereocenters. The summed E-state index contributed by atoms with van der Waals surface area (Å²) in [5.74, 6) is 2.33. The zero-order valence-corrected chi connectivity index (χ0v) is 17.7. The maximum Gasteiger partial charge on any atom is 0.205 e. The first-order chi connectivity index (χ1) is 14.5. The van der Waals surface area contributed by atoms with Crippen LogP contribution >= 0.6 is 0 Å². The number of benzene rings is 1. The second-order valence-electron chi connectivity index (χ2n) is 7.48. The molecule has 1 saturated heterocycles. The van der Waals surface area contributed by atoms with Crippen molar-refractivity contribution in [1.82, 2.24) is 15.0 Å². The normalized spacial score (nSPS) is 15.8. The summed E-state index contributed by atoms with van der Waals surface area (Å²) in [7, 11) is 4.73. The number of aromatic nitrogens is 3. The average Bonchev–Trinajstić information content (AvgIpc) is 2.78. The van der Waals surface area contributed by atoms with E-state index in [1.807, 2.05) is 25.1 Å². The molecule has 3 heterocycles. The maximum atomic E-state index is 11.2. The van der Waals surface area contributed by atoms with Gasteiger partial charge in [0.25, 0.3) is 0 Å². The molecule has 30 heavy (non-hydrogen) atoms. The van der Waals surface area contributed by atoms with E-state index in [1.165, 1.54) is 6.33 Å². The van der Waals surface area contributed by atoms with E-state index in [4.69, 9.17) is 14.2 Å². The fourth-order valence-corrected chi connectivity index (χ4v) is 3.99. The van der Waals surface area contributed by atoms with Crippen molar-refractivity contribution in [2.75, 3.05) is 39.3 Å². The number of hydrogen-bond donors (Lipinski definition) is 1. The number of anilines is 1. The molecule has 1 N–H and O–H groups in total. The lowest BCUT2D eigenvalue weighted by Crippen LogP contribution is -2.43. The highest BCUT2D eigenvalue weighted by Crippen LogP contribution is 2.45. The molecule has 0 bridgehead atoms. The third-order valence-electron chi connectivity index (χ3n) is 5.69. The molecule has 1 aromatic carbocycles. The number of rotatable bonds is 5. The number of pyridine rings is 1. The van der Waals surface area contributed by atoms with Gasteiger partial charge in [0, 0.05) is 19.3 Å². The molecule has 2 aromatic heterocycles. The van der Waals surface area contributed by atoms with Gasteiger partial charge >= 0.3 is 0 Å². The lowest BCUT2D eigenvalue weighted by Gasteiger charge is -2.38. The third kappa shape index (κ3) is 3.37. The Bertz CT molecular complexity index is 1050. The van der Waals surface area contributed by atoms with Crippen LogP contribution in [0, 0.1) is 6.92 Å². The van der Waals surface area contributed by atoms with E-state index in [0.29, 0.717) is 54.4 Å². The molecular weight excluding hydrogens is 384 g/mol. The third-order valence-corrected chi connectivity index (χ3v) is 5.69. The Morgan fingerprint density at radius 3 is 2.30 bits per heavy atom. The summed E-state index contributed by atoms with van der Waals surface area (Å²) >= 11 is 0. The molecule has 0 unspecified atom stereocenters. The molecule has 8 nitrogen and oxygen atoms in total. The Morgan fingerprint density at radius 1 is 0.967 bits per heavy atom. The van der Waals surface area contributed by atoms with Gasteiger partial charge < -0.3 is 24.2 Å². The van der Waals surface area contributed by atoms with Crippen LogP contribution in [0.5, 0.6) is 17.2 Å². The topological polar surface area (TPSA) is 89.8 Å². The highest BCUT2D eigenvalue weighted by Gasteiger charge is 2.36. The number of aryl methyl sites for hydroxylation is 1. The number of methoxy groups -OCH3 is 3. The van der Waals surface area contributed by atoms with E-state index in [2.05, 4.69) is 19.9 Å². The molecule has 1 aliphatic rings. The van der Waals surface area contributed by atoms with Crippen LogP contribution in [-0.2, 0) is 5.60 Å². The molecular formula is C22H26N4O4. The highest BCUT2D eigenvalue weighted by molar-refractivity contribution is 5.97. The number of nitrogens with zero attached hydrogens (tertiary/aromatic N) is 4. The van der Waals surface area contributed by atoms with Gasteiger partial charge in [0.15, 0.2) is 11.5 Å². The van der Waals surface area contributed by atoms with E-state index >= 15 is 0 Å². The van der Waals surface area contributed by atoms with Crippen LogP contribution in [0.2, 0.25) is 0 Å². The second-order valence-corrected chi connectivity index (χ2v) is 7.48. The first-order valence-electron chi connectivity index (χ1n) is 9.85. The van der Waals surface area contributed by atoms with Crippen LogP contribution in [0.1, 0.15) is 24.1 Å². The molecule has 3 aromatic rings. The fraction of sp³-hybridized carbons (Fsp3) is 0.409. The van der Waals surface area contributed by atoms with Crippen molar-refractivity contribution in [1.29, 1.82) is 0 Å². The van der Waals surface area contributed by atoms with E-state index in [1.54, 1.807) is 27.5 Å². The summed E-state index contributed by atoms with van der Waals surface area (Å²) in [6.07, 6.45) is 4.43. The van der Waals surface area contributed by atoms with Crippen LogP contribution in [-0.4, -0.2) is 54.5 Å². The molecule has 0 aliphatic carbocycles. The van der Waals surface area contributed by atoms with Crippen molar-refractivity contribution >= 4 is 16.7 Å². The Hall–Kier alpha value is -3.13. The molecule has 158 valence electrons. The number of piperidine rings is 1. The van der Waals surface area contributed by atoms with E-state index in [-0.39, 0.29) is 0 Å². The van der Waals surface area contributed by atoms with Gasteiger partial charge in [0.1, 0.15) is 23.3 Å². The van der Waals surface area contributed by atoms with Crippen molar-refractivity contribution in [3.63, 3.8) is 0 Å². The van der Waals surface area contributed by atoms with Gasteiger partial charge in [-0.3, -0.25) is 4.98 Å². The lowest BCUT2D eigenvalue weighted by atomic mass is 9.87. The van der Waals surface area contributed by atoms with E-state index < -0.39 is 5.60 Å². The minimum Gasteiger partial charge on any atom is -0.493 e. The first-order valence-corrected chi connectivity index (χ1v) is 9.85. The summed E-state index contributed by atoms with van der Waals surface area (Å²) < 4.78 is 16.5.